The van der Waals surface area contributed by atoms with Crippen molar-refractivity contribution in [3.63, 3.8) is 0 Å². The topological polar surface area (TPSA) is 80.0 Å². The number of nitrogens with zero attached hydrogens (tertiary/aromatic N) is 4. The Balaban J connectivity index is 2.31. The summed E-state index contributed by atoms with van der Waals surface area (Å²) in [7, 11) is 0. The second-order valence-corrected chi connectivity index (χ2v) is 5.30. The summed E-state index contributed by atoms with van der Waals surface area (Å²) >= 11 is 0. The van der Waals surface area contributed by atoms with E-state index in [2.05, 4.69) is 45.9 Å². The summed E-state index contributed by atoms with van der Waals surface area (Å²) in [6.45, 7) is 9.95. The van der Waals surface area contributed by atoms with E-state index in [0.29, 0.717) is 11.9 Å². The fourth-order valence-corrected chi connectivity index (χ4v) is 1.72. The monoisotopic (exact) mass is 236 g/mol. The Kier molecular flexibility index (Phi) is 3.15. The van der Waals surface area contributed by atoms with E-state index >= 15 is 0 Å². The van der Waals surface area contributed by atoms with Crippen molar-refractivity contribution in [2.24, 2.45) is 0 Å². The van der Waals surface area contributed by atoms with Gasteiger partial charge in [-0.3, -0.25) is 0 Å². The van der Waals surface area contributed by atoms with Gasteiger partial charge >= 0.3 is 0 Å². The molecule has 1 saturated heterocycles. The highest BCUT2D eigenvalue weighted by Crippen LogP contribution is 2.20. The molecule has 0 saturated carbocycles. The van der Waals surface area contributed by atoms with Crippen LogP contribution in [0, 0.1) is 0 Å². The molecule has 17 heavy (non-hydrogen) atoms. The molecule has 1 fully saturated rings. The van der Waals surface area contributed by atoms with Crippen molar-refractivity contribution >= 4 is 11.9 Å². The van der Waals surface area contributed by atoms with Crippen LogP contribution in [0.5, 0.6) is 0 Å². The molecule has 1 aliphatic rings. The summed E-state index contributed by atoms with van der Waals surface area (Å²) in [6, 6.07) is 0. The van der Waals surface area contributed by atoms with Gasteiger partial charge in [0.2, 0.25) is 11.9 Å². The minimum atomic E-state index is -0.111. The van der Waals surface area contributed by atoms with Crippen LogP contribution < -0.4 is 16.0 Å². The molecule has 0 atom stereocenters. The van der Waals surface area contributed by atoms with Gasteiger partial charge < -0.3 is 16.0 Å². The number of nitrogens with two attached hydrogens (primary N) is 1. The molecule has 94 valence electrons. The van der Waals surface area contributed by atoms with Crippen molar-refractivity contribution < 1.29 is 0 Å². The van der Waals surface area contributed by atoms with E-state index < -0.39 is 0 Å². The fraction of sp³-hybridized carbons (Fsp3) is 0.727. The normalized spacial score (nSPS) is 17.2. The van der Waals surface area contributed by atoms with Crippen LogP contribution in [0.25, 0.3) is 0 Å². The van der Waals surface area contributed by atoms with Crippen molar-refractivity contribution in [3.05, 3.63) is 5.82 Å². The van der Waals surface area contributed by atoms with E-state index in [-0.39, 0.29) is 5.41 Å². The average molecular weight is 236 g/mol. The number of piperazine rings is 1. The Morgan fingerprint density at radius 3 is 2.35 bits per heavy atom. The zero-order valence-electron chi connectivity index (χ0n) is 10.7. The maximum atomic E-state index is 5.76. The van der Waals surface area contributed by atoms with E-state index in [1.54, 1.807) is 0 Å². The summed E-state index contributed by atoms with van der Waals surface area (Å²) in [5.74, 6) is 1.75. The van der Waals surface area contributed by atoms with Crippen molar-refractivity contribution in [2.75, 3.05) is 36.8 Å². The molecular weight excluding hydrogens is 216 g/mol. The van der Waals surface area contributed by atoms with Gasteiger partial charge in [-0.25, -0.2) is 0 Å². The zero-order chi connectivity index (χ0) is 12.5. The van der Waals surface area contributed by atoms with Crippen molar-refractivity contribution in [3.8, 4) is 0 Å². The molecule has 1 aromatic rings. The summed E-state index contributed by atoms with van der Waals surface area (Å²) in [6.07, 6.45) is 0. The first-order valence-corrected chi connectivity index (χ1v) is 5.94. The lowest BCUT2D eigenvalue weighted by Gasteiger charge is -2.28. The van der Waals surface area contributed by atoms with Crippen LogP contribution >= 0.6 is 0 Å². The third-order valence-corrected chi connectivity index (χ3v) is 2.71. The number of anilines is 2. The van der Waals surface area contributed by atoms with E-state index in [1.807, 2.05) is 0 Å². The fourth-order valence-electron chi connectivity index (χ4n) is 1.72. The van der Waals surface area contributed by atoms with E-state index in [9.17, 15) is 0 Å². The van der Waals surface area contributed by atoms with Gasteiger partial charge in [-0.2, -0.15) is 15.0 Å². The van der Waals surface area contributed by atoms with Gasteiger partial charge in [0.25, 0.3) is 0 Å². The number of rotatable bonds is 1. The van der Waals surface area contributed by atoms with Crippen LogP contribution in [0.3, 0.4) is 0 Å². The second kappa shape index (κ2) is 4.44. The smallest absolute Gasteiger partial charge is 0.230 e. The van der Waals surface area contributed by atoms with Gasteiger partial charge in [0, 0.05) is 31.6 Å². The van der Waals surface area contributed by atoms with Gasteiger partial charge in [-0.15, -0.1) is 0 Å². The first kappa shape index (κ1) is 12.0. The van der Waals surface area contributed by atoms with Crippen LogP contribution in [-0.4, -0.2) is 41.1 Å². The Morgan fingerprint density at radius 1 is 1.12 bits per heavy atom. The highest BCUT2D eigenvalue weighted by molar-refractivity contribution is 5.36. The van der Waals surface area contributed by atoms with Gasteiger partial charge in [-0.1, -0.05) is 20.8 Å². The number of nitrogen functional groups attached to an aromatic ring is 1. The van der Waals surface area contributed by atoms with Gasteiger partial charge in [0.05, 0.1) is 0 Å². The van der Waals surface area contributed by atoms with Gasteiger partial charge in [0.15, 0.2) is 0 Å². The second-order valence-electron chi connectivity index (χ2n) is 5.30. The molecule has 6 nitrogen and oxygen atoms in total. The SMILES string of the molecule is CC(C)(C)c1nc(N)nc(N2CCNCC2)n1. The van der Waals surface area contributed by atoms with Crippen LogP contribution in [0.15, 0.2) is 0 Å². The summed E-state index contributed by atoms with van der Waals surface area (Å²) in [4.78, 5) is 15.1. The molecule has 3 N–H and O–H groups in total. The number of nitrogens with one attached hydrogen (secondary N) is 1. The summed E-state index contributed by atoms with van der Waals surface area (Å²) < 4.78 is 0. The van der Waals surface area contributed by atoms with Gasteiger partial charge in [-0.05, 0) is 0 Å². The molecule has 0 unspecified atom stereocenters. The molecule has 6 heteroatoms. The molecule has 0 aliphatic carbocycles. The predicted octanol–water partition coefficient (Wildman–Crippen LogP) is 0.161. The van der Waals surface area contributed by atoms with Crippen LogP contribution in [0.2, 0.25) is 0 Å². The van der Waals surface area contributed by atoms with E-state index in [1.165, 1.54) is 0 Å². The minimum absolute atomic E-state index is 0.111. The maximum absolute atomic E-state index is 5.76. The highest BCUT2D eigenvalue weighted by atomic mass is 15.3. The molecule has 0 aromatic carbocycles. The third kappa shape index (κ3) is 2.82. The molecule has 1 aromatic heterocycles. The zero-order valence-corrected chi connectivity index (χ0v) is 10.7. The number of aromatic nitrogens is 3. The number of hydrogen-bond donors (Lipinski definition) is 2. The molecule has 1 aliphatic heterocycles. The molecule has 2 heterocycles. The lowest BCUT2D eigenvalue weighted by Crippen LogP contribution is -2.44. The highest BCUT2D eigenvalue weighted by Gasteiger charge is 2.21. The minimum Gasteiger partial charge on any atom is -0.368 e. The van der Waals surface area contributed by atoms with Gasteiger partial charge in [0.1, 0.15) is 5.82 Å². The quantitative estimate of drug-likeness (QED) is 0.723. The maximum Gasteiger partial charge on any atom is 0.230 e. The molecular formula is C11H20N6. The molecule has 0 spiro atoms. The average Bonchev–Trinajstić information content (AvgIpc) is 2.28. The third-order valence-electron chi connectivity index (χ3n) is 2.71. The predicted molar refractivity (Wildman–Crippen MR) is 68.0 cm³/mol. The Morgan fingerprint density at radius 2 is 1.76 bits per heavy atom. The molecule has 0 amide bonds. The summed E-state index contributed by atoms with van der Waals surface area (Å²) in [5.41, 5.74) is 5.65. The van der Waals surface area contributed by atoms with E-state index in [0.717, 1.165) is 32.0 Å². The Hall–Kier alpha value is -1.43. The lowest BCUT2D eigenvalue weighted by atomic mass is 9.96. The van der Waals surface area contributed by atoms with Crippen molar-refractivity contribution in [1.82, 2.24) is 20.3 Å². The number of hydrogen-bond acceptors (Lipinski definition) is 6. The van der Waals surface area contributed by atoms with Crippen LogP contribution in [-0.2, 0) is 5.41 Å². The largest absolute Gasteiger partial charge is 0.368 e. The molecule has 2 rings (SSSR count). The lowest BCUT2D eigenvalue weighted by molar-refractivity contribution is 0.533. The van der Waals surface area contributed by atoms with Crippen molar-refractivity contribution in [2.45, 2.75) is 26.2 Å². The molecule has 0 bridgehead atoms. The first-order chi connectivity index (χ1) is 7.97. The Labute approximate surface area is 102 Å². The van der Waals surface area contributed by atoms with Crippen LogP contribution in [0.1, 0.15) is 26.6 Å². The summed E-state index contributed by atoms with van der Waals surface area (Å²) in [5, 5.41) is 3.30. The van der Waals surface area contributed by atoms with Crippen molar-refractivity contribution in [1.29, 1.82) is 0 Å². The standard InChI is InChI=1S/C11H20N6/c1-11(2,3)8-14-9(12)16-10(15-8)17-6-4-13-5-7-17/h13H,4-7H2,1-3H3,(H2,12,14,15,16). The Bertz CT molecular complexity index is 391. The van der Waals surface area contributed by atoms with Crippen LogP contribution in [0.4, 0.5) is 11.9 Å². The molecule has 0 radical (unpaired) electrons. The van der Waals surface area contributed by atoms with E-state index in [4.69, 9.17) is 5.73 Å². The first-order valence-electron chi connectivity index (χ1n) is 5.94.